The van der Waals surface area contributed by atoms with Gasteiger partial charge in [0.15, 0.2) is 0 Å². The maximum atomic E-state index is 5.86. The van der Waals surface area contributed by atoms with Crippen LogP contribution in [0, 0.1) is 0 Å². The monoisotopic (exact) mass is 285 g/mol. The summed E-state index contributed by atoms with van der Waals surface area (Å²) in [4.78, 5) is 10.9. The van der Waals surface area contributed by atoms with Gasteiger partial charge in [0.1, 0.15) is 0 Å². The molecular weight excluding hydrogens is 266 g/mol. The van der Waals surface area contributed by atoms with Crippen molar-refractivity contribution in [2.75, 3.05) is 23.9 Å². The van der Waals surface area contributed by atoms with E-state index in [0.717, 1.165) is 0 Å². The molecule has 106 valence electrons. The van der Waals surface area contributed by atoms with Crippen molar-refractivity contribution in [3.05, 3.63) is 12.3 Å². The predicted octanol–water partition coefficient (Wildman–Crippen LogP) is 2.10. The molecule has 1 aliphatic heterocycles. The minimum absolute atomic E-state index is 0.0242. The van der Waals surface area contributed by atoms with Gasteiger partial charge in [0, 0.05) is 18.8 Å². The van der Waals surface area contributed by atoms with Crippen LogP contribution in [0.2, 0.25) is 0 Å². The minimum Gasteiger partial charge on any atom is -0.475 e. The van der Waals surface area contributed by atoms with E-state index in [-0.39, 0.29) is 18.2 Å². The number of aromatic nitrogens is 2. The fourth-order valence-corrected chi connectivity index (χ4v) is 2.15. The molecular formula is C13H20ClN3O2. The van der Waals surface area contributed by atoms with E-state index in [0.29, 0.717) is 30.9 Å². The van der Waals surface area contributed by atoms with E-state index in [1.807, 2.05) is 13.8 Å². The van der Waals surface area contributed by atoms with Crippen molar-refractivity contribution in [1.29, 1.82) is 0 Å². The molecule has 1 aromatic heterocycles. The summed E-state index contributed by atoms with van der Waals surface area (Å²) in [5, 5.41) is 0. The van der Waals surface area contributed by atoms with Crippen molar-refractivity contribution in [2.45, 2.75) is 39.0 Å². The van der Waals surface area contributed by atoms with E-state index in [2.05, 4.69) is 21.8 Å². The van der Waals surface area contributed by atoms with Crippen LogP contribution < -0.4 is 9.64 Å². The zero-order valence-corrected chi connectivity index (χ0v) is 12.3. The molecule has 1 fully saturated rings. The Hall–Kier alpha value is -1.07. The first-order valence-electron chi connectivity index (χ1n) is 6.54. The number of nitrogens with zero attached hydrogens (tertiary/aromatic N) is 3. The quantitative estimate of drug-likeness (QED) is 0.793. The highest BCUT2D eigenvalue weighted by Crippen LogP contribution is 2.20. The molecule has 1 aliphatic rings. The first-order chi connectivity index (χ1) is 9.10. The number of halogens is 1. The Balaban J connectivity index is 2.15. The Bertz CT molecular complexity index is 417. The molecule has 1 aromatic rings. The molecule has 0 radical (unpaired) electrons. The predicted molar refractivity (Wildman–Crippen MR) is 75.1 cm³/mol. The third-order valence-electron chi connectivity index (χ3n) is 2.91. The van der Waals surface area contributed by atoms with Gasteiger partial charge in [0.25, 0.3) is 0 Å². The van der Waals surface area contributed by atoms with Crippen molar-refractivity contribution in [2.24, 2.45) is 0 Å². The molecule has 6 heteroatoms. The molecule has 0 aromatic carbocycles. The van der Waals surface area contributed by atoms with E-state index in [1.165, 1.54) is 0 Å². The van der Waals surface area contributed by atoms with Gasteiger partial charge in [-0.3, -0.25) is 0 Å². The molecule has 19 heavy (non-hydrogen) atoms. The summed E-state index contributed by atoms with van der Waals surface area (Å²) >= 11 is 5.86. The summed E-state index contributed by atoms with van der Waals surface area (Å²) in [6.45, 7) is 7.38. The average Bonchev–Trinajstić information content (AvgIpc) is 2.39. The summed E-state index contributed by atoms with van der Waals surface area (Å²) in [6, 6.07) is 2.00. The number of ether oxygens (including phenoxy) is 2. The van der Waals surface area contributed by atoms with Gasteiger partial charge in [0.05, 0.1) is 30.7 Å². The zero-order valence-electron chi connectivity index (χ0n) is 11.5. The summed E-state index contributed by atoms with van der Waals surface area (Å²) < 4.78 is 11.2. The van der Waals surface area contributed by atoms with Crippen LogP contribution in [0.3, 0.4) is 0 Å². The lowest BCUT2D eigenvalue weighted by atomic mass is 10.2. The van der Waals surface area contributed by atoms with Gasteiger partial charge in [-0.05, 0) is 20.8 Å². The third kappa shape index (κ3) is 3.70. The molecule has 1 saturated heterocycles. The third-order valence-corrected chi connectivity index (χ3v) is 3.25. The molecule has 2 heterocycles. The molecule has 0 N–H and O–H groups in total. The van der Waals surface area contributed by atoms with Gasteiger partial charge in [0.2, 0.25) is 11.8 Å². The van der Waals surface area contributed by atoms with Gasteiger partial charge in [-0.15, -0.1) is 11.6 Å². The van der Waals surface area contributed by atoms with Crippen molar-refractivity contribution < 1.29 is 9.47 Å². The van der Waals surface area contributed by atoms with E-state index in [4.69, 9.17) is 21.1 Å². The Kier molecular flexibility index (Phi) is 4.82. The molecule has 2 rings (SSSR count). The van der Waals surface area contributed by atoms with Crippen molar-refractivity contribution in [3.63, 3.8) is 0 Å². The largest absolute Gasteiger partial charge is 0.475 e. The van der Waals surface area contributed by atoms with E-state index < -0.39 is 0 Å². The molecule has 5 nitrogen and oxygen atoms in total. The highest BCUT2D eigenvalue weighted by Gasteiger charge is 2.27. The highest BCUT2D eigenvalue weighted by molar-refractivity contribution is 6.18. The van der Waals surface area contributed by atoms with Crippen molar-refractivity contribution in [1.82, 2.24) is 9.97 Å². The number of anilines is 1. The number of alkyl halides is 1. The topological polar surface area (TPSA) is 47.5 Å². The van der Waals surface area contributed by atoms with Crippen LogP contribution in [0.25, 0.3) is 0 Å². The lowest BCUT2D eigenvalue weighted by Gasteiger charge is -2.37. The summed E-state index contributed by atoms with van der Waals surface area (Å²) in [5.74, 6) is 1.75. The van der Waals surface area contributed by atoms with Crippen LogP contribution in [0.4, 0.5) is 5.95 Å². The smallest absolute Gasteiger partial charge is 0.229 e. The minimum atomic E-state index is 0.0242. The van der Waals surface area contributed by atoms with Crippen LogP contribution in [-0.2, 0) is 4.74 Å². The summed E-state index contributed by atoms with van der Waals surface area (Å²) in [5.41, 5.74) is 0. The molecule has 0 bridgehead atoms. The second-order valence-corrected chi connectivity index (χ2v) is 5.28. The van der Waals surface area contributed by atoms with Gasteiger partial charge in [-0.2, -0.15) is 4.98 Å². The first-order valence-corrected chi connectivity index (χ1v) is 7.07. The lowest BCUT2D eigenvalue weighted by molar-refractivity contribution is 0.0357. The Morgan fingerprint density at radius 2 is 2.37 bits per heavy atom. The summed E-state index contributed by atoms with van der Waals surface area (Å²) in [6.07, 6.45) is 1.84. The average molecular weight is 286 g/mol. The number of rotatable bonds is 4. The number of morpholine rings is 1. The van der Waals surface area contributed by atoms with Crippen molar-refractivity contribution >= 4 is 17.5 Å². The second-order valence-electron chi connectivity index (χ2n) is 4.97. The van der Waals surface area contributed by atoms with Crippen LogP contribution >= 0.6 is 11.6 Å². The number of hydrogen-bond acceptors (Lipinski definition) is 5. The standard InChI is InChI=1S/C13H20ClN3O2/c1-9(2)19-12-4-5-15-13(16-12)17-7-11(6-14)18-8-10(17)3/h4-5,9-11H,6-8H2,1-3H3. The molecule has 2 unspecified atom stereocenters. The van der Waals surface area contributed by atoms with Gasteiger partial charge >= 0.3 is 0 Å². The van der Waals surface area contributed by atoms with Crippen molar-refractivity contribution in [3.8, 4) is 5.88 Å². The Morgan fingerprint density at radius 3 is 3.05 bits per heavy atom. The Morgan fingerprint density at radius 1 is 1.58 bits per heavy atom. The highest BCUT2D eigenvalue weighted by atomic mass is 35.5. The SMILES string of the molecule is CC(C)Oc1ccnc(N2CC(CCl)OCC2C)n1. The number of hydrogen-bond donors (Lipinski definition) is 0. The molecule has 0 spiro atoms. The van der Waals surface area contributed by atoms with E-state index in [9.17, 15) is 0 Å². The fourth-order valence-electron chi connectivity index (χ4n) is 1.97. The molecule has 2 atom stereocenters. The fraction of sp³-hybridized carbons (Fsp3) is 0.692. The molecule has 0 amide bonds. The van der Waals surface area contributed by atoms with Crippen LogP contribution in [-0.4, -0.2) is 47.2 Å². The van der Waals surface area contributed by atoms with Gasteiger partial charge in [-0.25, -0.2) is 4.98 Å². The van der Waals surface area contributed by atoms with Gasteiger partial charge in [-0.1, -0.05) is 0 Å². The van der Waals surface area contributed by atoms with E-state index >= 15 is 0 Å². The maximum Gasteiger partial charge on any atom is 0.229 e. The lowest BCUT2D eigenvalue weighted by Crippen LogP contribution is -2.49. The van der Waals surface area contributed by atoms with E-state index in [1.54, 1.807) is 12.3 Å². The second kappa shape index (κ2) is 6.39. The van der Waals surface area contributed by atoms with Crippen LogP contribution in [0.5, 0.6) is 5.88 Å². The first kappa shape index (κ1) is 14.3. The van der Waals surface area contributed by atoms with Crippen LogP contribution in [0.15, 0.2) is 12.3 Å². The molecule has 0 aliphatic carbocycles. The van der Waals surface area contributed by atoms with Gasteiger partial charge < -0.3 is 14.4 Å². The maximum absolute atomic E-state index is 5.86. The normalized spacial score (nSPS) is 23.7. The Labute approximate surface area is 118 Å². The molecule has 0 saturated carbocycles. The van der Waals surface area contributed by atoms with Crippen LogP contribution in [0.1, 0.15) is 20.8 Å². The zero-order chi connectivity index (χ0) is 13.8. The summed E-state index contributed by atoms with van der Waals surface area (Å²) in [7, 11) is 0.